The number of carbonyl (C=O) groups excluding carboxylic acids is 2. The van der Waals surface area contributed by atoms with Crippen LogP contribution in [0.5, 0.6) is 0 Å². The zero-order chi connectivity index (χ0) is 19.2. The lowest BCUT2D eigenvalue weighted by Gasteiger charge is -2.58. The van der Waals surface area contributed by atoms with Crippen molar-refractivity contribution in [3.63, 3.8) is 0 Å². The van der Waals surface area contributed by atoms with E-state index in [0.717, 1.165) is 44.6 Å². The standard InChI is InChI=1S/C20H28N4O3/c1-13(25)23-11-17(12-23)24-9-15-4-3-5-16(10-24)20(15,27-2)14-6-7-22-18(8-14)19(21)26/h6-8,15-17H,3-5,9-12H2,1-2H3,(H2,21,26). The summed E-state index contributed by atoms with van der Waals surface area (Å²) in [6, 6.07) is 4.23. The highest BCUT2D eigenvalue weighted by molar-refractivity contribution is 5.90. The molecule has 1 saturated carbocycles. The maximum Gasteiger partial charge on any atom is 0.267 e. The van der Waals surface area contributed by atoms with Gasteiger partial charge in [0.2, 0.25) is 5.91 Å². The molecule has 27 heavy (non-hydrogen) atoms. The minimum absolute atomic E-state index is 0.158. The Bertz CT molecular complexity index is 732. The Hall–Kier alpha value is -1.99. The van der Waals surface area contributed by atoms with Gasteiger partial charge in [-0.15, -0.1) is 0 Å². The number of primary amides is 1. The maximum absolute atomic E-state index is 11.6. The Balaban J connectivity index is 1.60. The topological polar surface area (TPSA) is 88.8 Å². The molecule has 2 N–H and O–H groups in total. The van der Waals surface area contributed by atoms with E-state index < -0.39 is 11.5 Å². The molecule has 7 heteroatoms. The number of hydrogen-bond acceptors (Lipinski definition) is 5. The van der Waals surface area contributed by atoms with Gasteiger partial charge in [-0.1, -0.05) is 6.42 Å². The molecule has 3 aliphatic rings. The molecule has 2 unspecified atom stereocenters. The Morgan fingerprint density at radius 1 is 1.22 bits per heavy atom. The van der Waals surface area contributed by atoms with Crippen LogP contribution in [0.15, 0.2) is 18.3 Å². The molecule has 7 nitrogen and oxygen atoms in total. The average molecular weight is 372 g/mol. The normalized spacial score (nSPS) is 31.4. The summed E-state index contributed by atoms with van der Waals surface area (Å²) in [4.78, 5) is 31.7. The molecule has 3 fully saturated rings. The summed E-state index contributed by atoms with van der Waals surface area (Å²) in [5, 5.41) is 0. The molecular formula is C20H28N4O3. The lowest BCUT2D eigenvalue weighted by molar-refractivity contribution is -0.182. The number of nitrogens with zero attached hydrogens (tertiary/aromatic N) is 3. The molecule has 2 bridgehead atoms. The minimum Gasteiger partial charge on any atom is -0.373 e. The molecule has 0 aromatic carbocycles. The molecular weight excluding hydrogens is 344 g/mol. The van der Waals surface area contributed by atoms with Crippen molar-refractivity contribution in [2.75, 3.05) is 33.3 Å². The molecule has 2 amide bonds. The SMILES string of the molecule is COC1(c2ccnc(C(N)=O)c2)C2CCCC1CN(C1CN(C(C)=O)C1)C2. The van der Waals surface area contributed by atoms with Crippen molar-refractivity contribution in [1.29, 1.82) is 0 Å². The minimum atomic E-state index is -0.510. The van der Waals surface area contributed by atoms with Gasteiger partial charge < -0.3 is 15.4 Å². The van der Waals surface area contributed by atoms with Gasteiger partial charge in [-0.25, -0.2) is 0 Å². The Morgan fingerprint density at radius 2 is 1.89 bits per heavy atom. The van der Waals surface area contributed by atoms with Crippen LogP contribution < -0.4 is 5.73 Å². The van der Waals surface area contributed by atoms with Gasteiger partial charge in [0.25, 0.3) is 5.91 Å². The fourth-order valence-electron chi connectivity index (χ4n) is 5.44. The molecule has 4 rings (SSSR count). The molecule has 2 aliphatic heterocycles. The molecule has 1 aliphatic carbocycles. The van der Waals surface area contributed by atoms with Crippen molar-refractivity contribution < 1.29 is 14.3 Å². The second-order valence-corrected chi connectivity index (χ2v) is 8.15. The van der Waals surface area contributed by atoms with Crippen LogP contribution >= 0.6 is 0 Å². The third-order valence-electron chi connectivity index (χ3n) is 6.85. The van der Waals surface area contributed by atoms with Gasteiger partial charge >= 0.3 is 0 Å². The maximum atomic E-state index is 11.6. The highest BCUT2D eigenvalue weighted by Gasteiger charge is 2.54. The highest BCUT2D eigenvalue weighted by atomic mass is 16.5. The van der Waals surface area contributed by atoms with Crippen LogP contribution in [0.3, 0.4) is 0 Å². The van der Waals surface area contributed by atoms with Gasteiger partial charge in [0.15, 0.2) is 0 Å². The van der Waals surface area contributed by atoms with Crippen LogP contribution in [0.4, 0.5) is 0 Å². The fraction of sp³-hybridized carbons (Fsp3) is 0.650. The number of aromatic nitrogens is 1. The van der Waals surface area contributed by atoms with Gasteiger partial charge in [0, 0.05) is 64.3 Å². The first-order valence-corrected chi connectivity index (χ1v) is 9.76. The highest BCUT2D eigenvalue weighted by Crippen LogP contribution is 2.52. The average Bonchev–Trinajstić information content (AvgIpc) is 2.59. The number of rotatable bonds is 4. The van der Waals surface area contributed by atoms with Crippen LogP contribution in [0.25, 0.3) is 0 Å². The van der Waals surface area contributed by atoms with Crippen molar-refractivity contribution in [2.45, 2.75) is 37.8 Å². The summed E-state index contributed by atoms with van der Waals surface area (Å²) in [6.07, 6.45) is 5.05. The van der Waals surface area contributed by atoms with Gasteiger partial charge in [-0.05, 0) is 30.5 Å². The monoisotopic (exact) mass is 372 g/mol. The lowest BCUT2D eigenvalue weighted by atomic mass is 9.62. The van der Waals surface area contributed by atoms with Gasteiger partial charge in [-0.3, -0.25) is 19.5 Å². The van der Waals surface area contributed by atoms with E-state index in [0.29, 0.717) is 23.6 Å². The number of nitrogens with two attached hydrogens (primary N) is 1. The number of fused-ring (bicyclic) bond motifs is 2. The van der Waals surface area contributed by atoms with Crippen LogP contribution in [-0.2, 0) is 15.1 Å². The Kier molecular flexibility index (Phi) is 4.68. The van der Waals surface area contributed by atoms with E-state index in [1.54, 1.807) is 20.2 Å². The number of amides is 2. The van der Waals surface area contributed by atoms with E-state index in [4.69, 9.17) is 10.5 Å². The molecule has 0 spiro atoms. The van der Waals surface area contributed by atoms with Crippen LogP contribution in [0, 0.1) is 11.8 Å². The second kappa shape index (κ2) is 6.87. The van der Waals surface area contributed by atoms with E-state index in [-0.39, 0.29) is 5.91 Å². The van der Waals surface area contributed by atoms with E-state index >= 15 is 0 Å². The quantitative estimate of drug-likeness (QED) is 0.851. The molecule has 1 aromatic rings. The van der Waals surface area contributed by atoms with Crippen molar-refractivity contribution >= 4 is 11.8 Å². The number of ether oxygens (including phenoxy) is 1. The van der Waals surface area contributed by atoms with Crippen LogP contribution in [0.2, 0.25) is 0 Å². The third kappa shape index (κ3) is 2.93. The lowest BCUT2D eigenvalue weighted by Crippen LogP contribution is -2.67. The number of hydrogen-bond donors (Lipinski definition) is 1. The van der Waals surface area contributed by atoms with E-state index in [2.05, 4.69) is 9.88 Å². The fourth-order valence-corrected chi connectivity index (χ4v) is 5.44. The first-order chi connectivity index (χ1) is 13.0. The molecule has 3 heterocycles. The summed E-state index contributed by atoms with van der Waals surface area (Å²) in [5.41, 5.74) is 6.37. The zero-order valence-electron chi connectivity index (χ0n) is 16.1. The molecule has 146 valence electrons. The second-order valence-electron chi connectivity index (χ2n) is 8.15. The predicted octanol–water partition coefficient (Wildman–Crippen LogP) is 0.985. The van der Waals surface area contributed by atoms with Crippen LogP contribution in [-0.4, -0.2) is 65.9 Å². The summed E-state index contributed by atoms with van der Waals surface area (Å²) >= 11 is 0. The molecule has 1 aromatic heterocycles. The van der Waals surface area contributed by atoms with Gasteiger partial charge in [0.05, 0.1) is 0 Å². The smallest absolute Gasteiger partial charge is 0.267 e. The summed E-state index contributed by atoms with van der Waals surface area (Å²) in [5.74, 6) is 0.351. The third-order valence-corrected chi connectivity index (χ3v) is 6.85. The number of piperidine rings is 1. The number of likely N-dealkylation sites (tertiary alicyclic amines) is 2. The van der Waals surface area contributed by atoms with E-state index in [1.807, 2.05) is 17.0 Å². The van der Waals surface area contributed by atoms with E-state index in [9.17, 15) is 9.59 Å². The van der Waals surface area contributed by atoms with Crippen molar-refractivity contribution in [1.82, 2.24) is 14.8 Å². The van der Waals surface area contributed by atoms with Gasteiger partial charge in [0.1, 0.15) is 11.3 Å². The number of methoxy groups -OCH3 is 1. The number of pyridine rings is 1. The first-order valence-electron chi connectivity index (χ1n) is 9.76. The molecule has 0 radical (unpaired) electrons. The van der Waals surface area contributed by atoms with E-state index in [1.165, 1.54) is 6.42 Å². The van der Waals surface area contributed by atoms with Crippen molar-refractivity contribution in [3.8, 4) is 0 Å². The molecule has 2 atom stereocenters. The summed E-state index contributed by atoms with van der Waals surface area (Å²) < 4.78 is 6.23. The van der Waals surface area contributed by atoms with Crippen LogP contribution in [0.1, 0.15) is 42.2 Å². The van der Waals surface area contributed by atoms with Crippen molar-refractivity contribution in [3.05, 3.63) is 29.6 Å². The summed E-state index contributed by atoms with van der Waals surface area (Å²) in [6.45, 7) is 5.20. The Labute approximate surface area is 159 Å². The molecule has 2 saturated heterocycles. The zero-order valence-corrected chi connectivity index (χ0v) is 16.1. The Morgan fingerprint density at radius 3 is 2.44 bits per heavy atom. The first kappa shape index (κ1) is 18.4. The predicted molar refractivity (Wildman–Crippen MR) is 99.9 cm³/mol. The summed E-state index contributed by atoms with van der Waals surface area (Å²) in [7, 11) is 1.78. The van der Waals surface area contributed by atoms with Gasteiger partial charge in [-0.2, -0.15) is 0 Å². The number of carbonyl (C=O) groups is 2. The largest absolute Gasteiger partial charge is 0.373 e. The van der Waals surface area contributed by atoms with Crippen molar-refractivity contribution in [2.24, 2.45) is 17.6 Å².